The van der Waals surface area contributed by atoms with Crippen LogP contribution in [0.2, 0.25) is 0 Å². The van der Waals surface area contributed by atoms with Crippen LogP contribution in [-0.2, 0) is 13.0 Å². The monoisotopic (exact) mass is 249 g/mol. The highest BCUT2D eigenvalue weighted by Gasteiger charge is 2.28. The maximum absolute atomic E-state index is 2.65. The molecule has 1 aliphatic carbocycles. The zero-order valence-corrected chi connectivity index (χ0v) is 11.8. The van der Waals surface area contributed by atoms with Gasteiger partial charge in [-0.15, -0.1) is 0 Å². The first-order chi connectivity index (χ1) is 8.33. The molecule has 2 rings (SSSR count). The Bertz CT molecular complexity index is 329. The van der Waals surface area contributed by atoms with Crippen molar-refractivity contribution in [2.75, 3.05) is 18.6 Å². The first kappa shape index (κ1) is 13.0. The zero-order chi connectivity index (χ0) is 12.1. The van der Waals surface area contributed by atoms with Crippen molar-refractivity contribution in [3.05, 3.63) is 35.4 Å². The van der Waals surface area contributed by atoms with E-state index in [0.717, 1.165) is 19.0 Å². The molecule has 0 aromatic heterocycles. The van der Waals surface area contributed by atoms with Crippen molar-refractivity contribution in [1.29, 1.82) is 0 Å². The van der Waals surface area contributed by atoms with Gasteiger partial charge in [0.05, 0.1) is 0 Å². The Hall–Kier alpha value is -0.470. The van der Waals surface area contributed by atoms with E-state index in [1.807, 2.05) is 11.8 Å². The molecule has 1 saturated carbocycles. The molecule has 1 aromatic rings. The summed E-state index contributed by atoms with van der Waals surface area (Å²) in [6, 6.07) is 10.0. The van der Waals surface area contributed by atoms with Crippen molar-refractivity contribution in [3.63, 3.8) is 0 Å². The van der Waals surface area contributed by atoms with E-state index in [9.17, 15) is 0 Å². The molecular formula is C15H23NS. The quantitative estimate of drug-likeness (QED) is 0.726. The van der Waals surface area contributed by atoms with Crippen LogP contribution in [0.3, 0.4) is 0 Å². The normalized spacial score (nSPS) is 15.5. The van der Waals surface area contributed by atoms with Crippen molar-refractivity contribution in [3.8, 4) is 0 Å². The van der Waals surface area contributed by atoms with Crippen LogP contribution < -0.4 is 0 Å². The molecule has 0 atom stereocenters. The second-order valence-electron chi connectivity index (χ2n) is 4.86. The minimum Gasteiger partial charge on any atom is -0.295 e. The van der Waals surface area contributed by atoms with Crippen molar-refractivity contribution < 1.29 is 0 Å². The van der Waals surface area contributed by atoms with Crippen molar-refractivity contribution >= 4 is 11.8 Å². The summed E-state index contributed by atoms with van der Waals surface area (Å²) in [6.07, 6.45) is 6.14. The predicted molar refractivity (Wildman–Crippen MR) is 77.6 cm³/mol. The van der Waals surface area contributed by atoms with Crippen LogP contribution in [0.4, 0.5) is 0 Å². The molecule has 0 amide bonds. The van der Waals surface area contributed by atoms with Gasteiger partial charge in [-0.3, -0.25) is 4.90 Å². The summed E-state index contributed by atoms with van der Waals surface area (Å²) in [6.45, 7) is 4.58. The average Bonchev–Trinajstić information content (AvgIpc) is 3.19. The topological polar surface area (TPSA) is 3.24 Å². The third-order valence-corrected chi connectivity index (χ3v) is 4.05. The summed E-state index contributed by atoms with van der Waals surface area (Å²) in [5.41, 5.74) is 2.91. The number of nitrogens with zero attached hydrogens (tertiary/aromatic N) is 1. The number of hydrogen-bond donors (Lipinski definition) is 0. The molecule has 0 heterocycles. The van der Waals surface area contributed by atoms with Crippen LogP contribution in [0.25, 0.3) is 0 Å². The van der Waals surface area contributed by atoms with E-state index in [0.29, 0.717) is 0 Å². The van der Waals surface area contributed by atoms with Gasteiger partial charge in [-0.05, 0) is 36.6 Å². The van der Waals surface area contributed by atoms with E-state index in [-0.39, 0.29) is 0 Å². The Morgan fingerprint density at radius 1 is 1.18 bits per heavy atom. The van der Waals surface area contributed by atoms with E-state index in [1.54, 1.807) is 0 Å². The molecule has 1 aromatic carbocycles. The lowest BCUT2D eigenvalue weighted by Gasteiger charge is -2.21. The standard InChI is InChI=1S/C15H23NS/c1-3-13-4-6-14(7-5-13)12-16(10-11-17-2)15-8-9-15/h4-7,15H,3,8-12H2,1-2H3. The number of aryl methyl sites for hydroxylation is 1. The largest absolute Gasteiger partial charge is 0.295 e. The van der Waals surface area contributed by atoms with Gasteiger partial charge in [0.15, 0.2) is 0 Å². The highest BCUT2D eigenvalue weighted by atomic mass is 32.2. The van der Waals surface area contributed by atoms with Gasteiger partial charge < -0.3 is 0 Å². The smallest absolute Gasteiger partial charge is 0.0237 e. The van der Waals surface area contributed by atoms with Gasteiger partial charge in [0.25, 0.3) is 0 Å². The lowest BCUT2D eigenvalue weighted by molar-refractivity contribution is 0.272. The van der Waals surface area contributed by atoms with Gasteiger partial charge >= 0.3 is 0 Å². The summed E-state index contributed by atoms with van der Waals surface area (Å²) in [4.78, 5) is 2.65. The number of hydrogen-bond acceptors (Lipinski definition) is 2. The summed E-state index contributed by atoms with van der Waals surface area (Å²) >= 11 is 1.95. The number of thioether (sulfide) groups is 1. The van der Waals surface area contributed by atoms with Gasteiger partial charge in [-0.2, -0.15) is 11.8 Å². The Balaban J connectivity index is 1.91. The van der Waals surface area contributed by atoms with Crippen molar-refractivity contribution in [2.45, 2.75) is 38.8 Å². The second-order valence-corrected chi connectivity index (χ2v) is 5.85. The fourth-order valence-electron chi connectivity index (χ4n) is 2.15. The molecule has 17 heavy (non-hydrogen) atoms. The lowest BCUT2D eigenvalue weighted by Crippen LogP contribution is -2.27. The Morgan fingerprint density at radius 3 is 2.35 bits per heavy atom. The third-order valence-electron chi connectivity index (χ3n) is 3.46. The van der Waals surface area contributed by atoms with Crippen molar-refractivity contribution in [2.24, 2.45) is 0 Å². The molecule has 0 spiro atoms. The lowest BCUT2D eigenvalue weighted by atomic mass is 10.1. The first-order valence-electron chi connectivity index (χ1n) is 6.64. The van der Waals surface area contributed by atoms with Crippen LogP contribution in [0.5, 0.6) is 0 Å². The summed E-state index contributed by atoms with van der Waals surface area (Å²) in [5, 5.41) is 0. The third kappa shape index (κ3) is 4.04. The fraction of sp³-hybridized carbons (Fsp3) is 0.600. The summed E-state index contributed by atoms with van der Waals surface area (Å²) < 4.78 is 0. The summed E-state index contributed by atoms with van der Waals surface area (Å²) in [5.74, 6) is 1.25. The first-order valence-corrected chi connectivity index (χ1v) is 8.03. The van der Waals surface area contributed by atoms with Crippen LogP contribution in [-0.4, -0.2) is 29.5 Å². The van der Waals surface area contributed by atoms with E-state index < -0.39 is 0 Å². The van der Waals surface area contributed by atoms with E-state index in [4.69, 9.17) is 0 Å². The molecule has 0 aliphatic heterocycles. The molecule has 0 radical (unpaired) electrons. The zero-order valence-electron chi connectivity index (χ0n) is 11.0. The molecule has 94 valence electrons. The minimum atomic E-state index is 0.869. The molecule has 0 saturated heterocycles. The summed E-state index contributed by atoms with van der Waals surface area (Å²) in [7, 11) is 0. The maximum Gasteiger partial charge on any atom is 0.0237 e. The van der Waals surface area contributed by atoms with Gasteiger partial charge in [0.1, 0.15) is 0 Å². The van der Waals surface area contributed by atoms with Crippen LogP contribution in [0.1, 0.15) is 30.9 Å². The number of rotatable bonds is 7. The molecule has 1 nitrogen and oxygen atoms in total. The fourth-order valence-corrected chi connectivity index (χ4v) is 2.57. The molecule has 2 heteroatoms. The van der Waals surface area contributed by atoms with Crippen LogP contribution in [0.15, 0.2) is 24.3 Å². The van der Waals surface area contributed by atoms with Crippen LogP contribution in [0, 0.1) is 0 Å². The number of benzene rings is 1. The highest BCUT2D eigenvalue weighted by Crippen LogP contribution is 2.28. The van der Waals surface area contributed by atoms with Gasteiger partial charge in [0, 0.05) is 24.9 Å². The molecular weight excluding hydrogens is 226 g/mol. The predicted octanol–water partition coefficient (Wildman–Crippen LogP) is 3.58. The van der Waals surface area contributed by atoms with E-state index in [1.165, 1.54) is 36.3 Å². The Labute approximate surface area is 110 Å². The molecule has 0 bridgehead atoms. The van der Waals surface area contributed by atoms with Gasteiger partial charge in [-0.1, -0.05) is 31.2 Å². The van der Waals surface area contributed by atoms with E-state index in [2.05, 4.69) is 42.3 Å². The Kier molecular flexibility index (Phi) is 4.93. The minimum absolute atomic E-state index is 0.869. The SMILES string of the molecule is CCc1ccc(CN(CCSC)C2CC2)cc1. The van der Waals surface area contributed by atoms with E-state index >= 15 is 0 Å². The maximum atomic E-state index is 2.65. The van der Waals surface area contributed by atoms with Crippen LogP contribution >= 0.6 is 11.8 Å². The van der Waals surface area contributed by atoms with Crippen molar-refractivity contribution in [1.82, 2.24) is 4.90 Å². The average molecular weight is 249 g/mol. The highest BCUT2D eigenvalue weighted by molar-refractivity contribution is 7.98. The second kappa shape index (κ2) is 6.46. The molecule has 0 N–H and O–H groups in total. The molecule has 1 aliphatic rings. The van der Waals surface area contributed by atoms with Gasteiger partial charge in [0.2, 0.25) is 0 Å². The molecule has 1 fully saturated rings. The molecule has 0 unspecified atom stereocenters. The van der Waals surface area contributed by atoms with Gasteiger partial charge in [-0.25, -0.2) is 0 Å². The Morgan fingerprint density at radius 2 is 1.82 bits per heavy atom.